The molecule has 3 nitrogen and oxygen atoms in total. The Balaban J connectivity index is 2.49. The van der Waals surface area contributed by atoms with Crippen LogP contribution in [0.3, 0.4) is 0 Å². The molecule has 1 atom stereocenters. The largest absolute Gasteiger partial charge is 0.486 e. The Morgan fingerprint density at radius 1 is 1.73 bits per heavy atom. The lowest BCUT2D eigenvalue weighted by molar-refractivity contribution is 0.256. The predicted molar refractivity (Wildman–Crippen MR) is 42.4 cm³/mol. The highest BCUT2D eigenvalue weighted by Crippen LogP contribution is 2.31. The Labute approximate surface area is 65.2 Å². The molecule has 0 fully saturated rings. The summed E-state index contributed by atoms with van der Waals surface area (Å²) in [7, 11) is 0. The van der Waals surface area contributed by atoms with Crippen LogP contribution in [0.5, 0.6) is 5.75 Å². The minimum Gasteiger partial charge on any atom is -0.486 e. The Morgan fingerprint density at radius 2 is 2.55 bits per heavy atom. The van der Waals surface area contributed by atoms with Crippen LogP contribution >= 0.6 is 0 Å². The van der Waals surface area contributed by atoms with Gasteiger partial charge in [-0.05, 0) is 13.0 Å². The van der Waals surface area contributed by atoms with Crippen molar-refractivity contribution >= 4 is 5.69 Å². The molecule has 58 valence electrons. The quantitative estimate of drug-likeness (QED) is 0.600. The minimum absolute atomic E-state index is 0.224. The number of pyridine rings is 1. The molecule has 1 aliphatic heterocycles. The van der Waals surface area contributed by atoms with E-state index in [9.17, 15) is 0 Å². The molecule has 2 heterocycles. The van der Waals surface area contributed by atoms with E-state index < -0.39 is 0 Å². The summed E-state index contributed by atoms with van der Waals surface area (Å²) in [6.45, 7) is 2.02. The first-order chi connectivity index (χ1) is 5.27. The van der Waals surface area contributed by atoms with E-state index in [0.29, 0.717) is 5.69 Å². The summed E-state index contributed by atoms with van der Waals surface area (Å²) in [6.07, 6.45) is 2.82. The lowest BCUT2D eigenvalue weighted by atomic mass is 10.2. The summed E-state index contributed by atoms with van der Waals surface area (Å²) < 4.78 is 5.45. The minimum atomic E-state index is 0.224. The molecule has 11 heavy (non-hydrogen) atoms. The van der Waals surface area contributed by atoms with E-state index in [4.69, 9.17) is 10.5 Å². The van der Waals surface area contributed by atoms with Crippen molar-refractivity contribution in [1.82, 2.24) is 4.98 Å². The number of hydrogen-bond donors (Lipinski definition) is 1. The van der Waals surface area contributed by atoms with Crippen molar-refractivity contribution in [3.63, 3.8) is 0 Å². The first-order valence-electron chi connectivity index (χ1n) is 3.67. The van der Waals surface area contributed by atoms with Crippen LogP contribution in [0.25, 0.3) is 0 Å². The van der Waals surface area contributed by atoms with Crippen LogP contribution in [-0.2, 0) is 6.42 Å². The summed E-state index contributed by atoms with van der Waals surface area (Å²) >= 11 is 0. The van der Waals surface area contributed by atoms with Crippen molar-refractivity contribution in [2.24, 2.45) is 0 Å². The highest BCUT2D eigenvalue weighted by molar-refractivity contribution is 5.55. The Bertz CT molecular complexity index is 285. The van der Waals surface area contributed by atoms with E-state index in [1.807, 2.05) is 6.92 Å². The van der Waals surface area contributed by atoms with E-state index in [2.05, 4.69) is 4.98 Å². The molecular weight excluding hydrogens is 140 g/mol. The normalized spacial score (nSPS) is 21.0. The van der Waals surface area contributed by atoms with Crippen LogP contribution in [0, 0.1) is 0 Å². The lowest BCUT2D eigenvalue weighted by Gasteiger charge is -2.03. The third kappa shape index (κ3) is 0.926. The molecule has 0 saturated carbocycles. The van der Waals surface area contributed by atoms with Crippen LogP contribution in [-0.4, -0.2) is 11.1 Å². The summed E-state index contributed by atoms with van der Waals surface area (Å²) in [5.74, 6) is 0.778. The average Bonchev–Trinajstić information content (AvgIpc) is 2.31. The molecule has 0 aromatic carbocycles. The molecule has 0 bridgehead atoms. The standard InChI is InChI=1S/C8H10N2O/c1-5-4-7-8(11-5)6(9)2-3-10-7/h2-3,5H,4H2,1H3,(H2,9,10). The van der Waals surface area contributed by atoms with Crippen LogP contribution in [0.2, 0.25) is 0 Å². The molecule has 0 spiro atoms. The molecule has 2 N–H and O–H groups in total. The topological polar surface area (TPSA) is 48.1 Å². The van der Waals surface area contributed by atoms with Crippen molar-refractivity contribution in [2.75, 3.05) is 5.73 Å². The molecule has 1 aromatic rings. The highest BCUT2D eigenvalue weighted by atomic mass is 16.5. The third-order valence-corrected chi connectivity index (χ3v) is 1.81. The zero-order valence-electron chi connectivity index (χ0n) is 6.37. The summed E-state index contributed by atoms with van der Waals surface area (Å²) in [6, 6.07) is 1.76. The molecule has 1 unspecified atom stereocenters. The number of fused-ring (bicyclic) bond motifs is 1. The number of anilines is 1. The maximum absolute atomic E-state index is 5.67. The van der Waals surface area contributed by atoms with Gasteiger partial charge in [-0.25, -0.2) is 0 Å². The van der Waals surface area contributed by atoms with Crippen molar-refractivity contribution in [1.29, 1.82) is 0 Å². The average molecular weight is 150 g/mol. The zero-order chi connectivity index (χ0) is 7.84. The molecule has 1 aliphatic rings. The van der Waals surface area contributed by atoms with Gasteiger partial charge in [0, 0.05) is 12.6 Å². The van der Waals surface area contributed by atoms with Crippen molar-refractivity contribution in [2.45, 2.75) is 19.4 Å². The molecule has 0 saturated heterocycles. The van der Waals surface area contributed by atoms with Gasteiger partial charge in [0.1, 0.15) is 6.10 Å². The van der Waals surface area contributed by atoms with E-state index >= 15 is 0 Å². The number of ether oxygens (including phenoxy) is 1. The summed E-state index contributed by atoms with van der Waals surface area (Å²) in [4.78, 5) is 4.17. The Kier molecular flexibility index (Phi) is 1.24. The number of aromatic nitrogens is 1. The molecule has 0 amide bonds. The van der Waals surface area contributed by atoms with Crippen molar-refractivity contribution in [3.8, 4) is 5.75 Å². The van der Waals surface area contributed by atoms with E-state index in [-0.39, 0.29) is 6.10 Å². The van der Waals surface area contributed by atoms with E-state index in [1.165, 1.54) is 0 Å². The van der Waals surface area contributed by atoms with Crippen LogP contribution < -0.4 is 10.5 Å². The Hall–Kier alpha value is -1.25. The molecule has 0 radical (unpaired) electrons. The van der Waals surface area contributed by atoms with Gasteiger partial charge in [-0.3, -0.25) is 4.98 Å². The summed E-state index contributed by atoms with van der Waals surface area (Å²) in [5, 5.41) is 0. The molecule has 2 rings (SSSR count). The van der Waals surface area contributed by atoms with Gasteiger partial charge in [-0.15, -0.1) is 0 Å². The predicted octanol–water partition coefficient (Wildman–Crippen LogP) is 0.987. The van der Waals surface area contributed by atoms with Gasteiger partial charge < -0.3 is 10.5 Å². The number of rotatable bonds is 0. The van der Waals surface area contributed by atoms with Gasteiger partial charge in [0.15, 0.2) is 5.75 Å². The fourth-order valence-corrected chi connectivity index (χ4v) is 1.31. The molecule has 1 aromatic heterocycles. The SMILES string of the molecule is CC1Cc2nccc(N)c2O1. The zero-order valence-corrected chi connectivity index (χ0v) is 6.37. The second-order valence-corrected chi connectivity index (χ2v) is 2.81. The van der Waals surface area contributed by atoms with Crippen LogP contribution in [0.1, 0.15) is 12.6 Å². The maximum Gasteiger partial charge on any atom is 0.164 e. The summed E-state index contributed by atoms with van der Waals surface area (Å²) in [5.41, 5.74) is 7.35. The smallest absolute Gasteiger partial charge is 0.164 e. The first kappa shape index (κ1) is 6.46. The monoisotopic (exact) mass is 150 g/mol. The van der Waals surface area contributed by atoms with Crippen LogP contribution in [0.4, 0.5) is 5.69 Å². The lowest BCUT2D eigenvalue weighted by Crippen LogP contribution is -2.05. The fourth-order valence-electron chi connectivity index (χ4n) is 1.31. The van der Waals surface area contributed by atoms with Crippen molar-refractivity contribution in [3.05, 3.63) is 18.0 Å². The van der Waals surface area contributed by atoms with Crippen molar-refractivity contribution < 1.29 is 4.74 Å². The van der Waals surface area contributed by atoms with Gasteiger partial charge >= 0.3 is 0 Å². The molecule has 0 aliphatic carbocycles. The molecular formula is C8H10N2O. The van der Waals surface area contributed by atoms with Gasteiger partial charge in [-0.1, -0.05) is 0 Å². The van der Waals surface area contributed by atoms with Gasteiger partial charge in [0.2, 0.25) is 0 Å². The second-order valence-electron chi connectivity index (χ2n) is 2.81. The van der Waals surface area contributed by atoms with E-state index in [1.54, 1.807) is 12.3 Å². The fraction of sp³-hybridized carbons (Fsp3) is 0.375. The van der Waals surface area contributed by atoms with E-state index in [0.717, 1.165) is 17.9 Å². The van der Waals surface area contributed by atoms with Crippen LogP contribution in [0.15, 0.2) is 12.3 Å². The molecule has 3 heteroatoms. The maximum atomic E-state index is 5.67. The van der Waals surface area contributed by atoms with Gasteiger partial charge in [-0.2, -0.15) is 0 Å². The van der Waals surface area contributed by atoms with Gasteiger partial charge in [0.05, 0.1) is 11.4 Å². The number of nitrogens with zero attached hydrogens (tertiary/aromatic N) is 1. The second kappa shape index (κ2) is 2.12. The number of nitrogen functional groups attached to an aromatic ring is 1. The third-order valence-electron chi connectivity index (χ3n) is 1.81. The highest BCUT2D eigenvalue weighted by Gasteiger charge is 2.21. The van der Waals surface area contributed by atoms with Gasteiger partial charge in [0.25, 0.3) is 0 Å². The Morgan fingerprint density at radius 3 is 3.27 bits per heavy atom. The number of hydrogen-bond acceptors (Lipinski definition) is 3. The number of nitrogens with two attached hydrogens (primary N) is 1. The first-order valence-corrected chi connectivity index (χ1v) is 3.67.